The average Bonchev–Trinajstić information content (AvgIpc) is 2.80. The molecule has 1 heterocycles. The molecule has 0 atom stereocenters. The van der Waals surface area contributed by atoms with Crippen LogP contribution in [0.4, 0.5) is 0 Å². The van der Waals surface area contributed by atoms with E-state index in [4.69, 9.17) is 16.6 Å². The van der Waals surface area contributed by atoms with Crippen LogP contribution in [0, 0.1) is 0 Å². The van der Waals surface area contributed by atoms with Crippen LogP contribution in [0.2, 0.25) is 5.02 Å². The maximum absolute atomic E-state index is 6.37. The molecule has 0 amide bonds. The molecule has 0 fully saturated rings. The van der Waals surface area contributed by atoms with Gasteiger partial charge < -0.3 is 0 Å². The summed E-state index contributed by atoms with van der Waals surface area (Å²) in [7, 11) is 0. The van der Waals surface area contributed by atoms with Crippen LogP contribution in [-0.4, -0.2) is 9.97 Å². The monoisotopic (exact) mass is 392 g/mol. The number of fused-ring (bicyclic) bond motifs is 1. The maximum Gasteiger partial charge on any atom is 0.159 e. The minimum absolute atomic E-state index is 0.732. The Morgan fingerprint density at radius 3 is 2.03 bits per heavy atom. The van der Waals surface area contributed by atoms with Crippen molar-refractivity contribution in [2.45, 2.75) is 0 Å². The molecule has 0 saturated heterocycles. The van der Waals surface area contributed by atoms with E-state index in [0.29, 0.717) is 0 Å². The lowest BCUT2D eigenvalue weighted by atomic mass is 9.97. The van der Waals surface area contributed by atoms with Gasteiger partial charge in [0.05, 0.1) is 5.69 Å². The Morgan fingerprint density at radius 2 is 1.24 bits per heavy atom. The molecule has 5 aromatic rings. The first-order valence-corrected chi connectivity index (χ1v) is 9.84. The van der Waals surface area contributed by atoms with E-state index in [1.54, 1.807) is 0 Å². The van der Waals surface area contributed by atoms with Gasteiger partial charge in [-0.2, -0.15) is 0 Å². The number of rotatable bonds is 3. The van der Waals surface area contributed by atoms with E-state index in [2.05, 4.69) is 47.4 Å². The zero-order valence-corrected chi connectivity index (χ0v) is 16.3. The van der Waals surface area contributed by atoms with Crippen molar-refractivity contribution in [3.05, 3.63) is 108 Å². The highest BCUT2D eigenvalue weighted by Gasteiger charge is 2.08. The minimum atomic E-state index is 0.732. The highest BCUT2D eigenvalue weighted by molar-refractivity contribution is 6.36. The van der Waals surface area contributed by atoms with Crippen LogP contribution in [0.1, 0.15) is 0 Å². The number of nitrogens with zero attached hydrogens (tertiary/aromatic N) is 2. The van der Waals surface area contributed by atoms with Crippen molar-refractivity contribution in [3.63, 3.8) is 0 Å². The molecule has 0 radical (unpaired) electrons. The van der Waals surface area contributed by atoms with Gasteiger partial charge in [0.1, 0.15) is 0 Å². The predicted octanol–water partition coefficient (Wildman–Crippen LogP) is 7.28. The molecule has 0 N–H and O–H groups in total. The third-order valence-electron chi connectivity index (χ3n) is 5.05. The summed E-state index contributed by atoms with van der Waals surface area (Å²) in [5.74, 6) is 0.732. The quantitative estimate of drug-likeness (QED) is 0.322. The van der Waals surface area contributed by atoms with Gasteiger partial charge in [-0.15, -0.1) is 0 Å². The van der Waals surface area contributed by atoms with Gasteiger partial charge in [0, 0.05) is 27.7 Å². The Morgan fingerprint density at radius 1 is 0.552 bits per heavy atom. The highest BCUT2D eigenvalue weighted by Crippen LogP contribution is 2.34. The largest absolute Gasteiger partial charge is 0.237 e. The van der Waals surface area contributed by atoms with Crippen molar-refractivity contribution in [2.75, 3.05) is 0 Å². The molecule has 138 valence electrons. The molecule has 0 bridgehead atoms. The van der Waals surface area contributed by atoms with Crippen molar-refractivity contribution < 1.29 is 0 Å². The van der Waals surface area contributed by atoms with Crippen molar-refractivity contribution in [3.8, 4) is 33.8 Å². The lowest BCUT2D eigenvalue weighted by Gasteiger charge is -2.10. The fourth-order valence-electron chi connectivity index (χ4n) is 3.58. The van der Waals surface area contributed by atoms with E-state index in [1.165, 1.54) is 5.56 Å². The van der Waals surface area contributed by atoms with Gasteiger partial charge in [-0.1, -0.05) is 96.5 Å². The number of aromatic nitrogens is 2. The van der Waals surface area contributed by atoms with Crippen LogP contribution in [-0.2, 0) is 0 Å². The summed E-state index contributed by atoms with van der Waals surface area (Å²) in [6.45, 7) is 0. The summed E-state index contributed by atoms with van der Waals surface area (Å²) in [6.07, 6.45) is 1.81. The molecule has 0 unspecified atom stereocenters. The lowest BCUT2D eigenvalue weighted by molar-refractivity contribution is 1.18. The van der Waals surface area contributed by atoms with Crippen LogP contribution in [0.3, 0.4) is 0 Å². The van der Waals surface area contributed by atoms with Gasteiger partial charge in [0.15, 0.2) is 5.82 Å². The molecule has 3 heteroatoms. The predicted molar refractivity (Wildman–Crippen MR) is 121 cm³/mol. The zero-order valence-electron chi connectivity index (χ0n) is 15.6. The third kappa shape index (κ3) is 3.39. The number of benzene rings is 4. The molecule has 2 nitrogen and oxygen atoms in total. The zero-order chi connectivity index (χ0) is 19.6. The lowest BCUT2D eigenvalue weighted by Crippen LogP contribution is -1.91. The summed E-state index contributed by atoms with van der Waals surface area (Å²) in [6, 6.07) is 32.7. The van der Waals surface area contributed by atoms with Gasteiger partial charge in [-0.3, -0.25) is 0 Å². The van der Waals surface area contributed by atoms with Crippen LogP contribution in [0.5, 0.6) is 0 Å². The Hall–Kier alpha value is -3.49. The van der Waals surface area contributed by atoms with E-state index in [1.807, 2.05) is 60.8 Å². The second-order valence-corrected chi connectivity index (χ2v) is 7.26. The molecule has 5 rings (SSSR count). The summed E-state index contributed by atoms with van der Waals surface area (Å²) >= 11 is 6.37. The maximum atomic E-state index is 6.37. The first-order valence-electron chi connectivity index (χ1n) is 9.46. The third-order valence-corrected chi connectivity index (χ3v) is 5.38. The van der Waals surface area contributed by atoms with Gasteiger partial charge in [-0.05, 0) is 28.6 Å². The Bertz CT molecular complexity index is 1300. The van der Waals surface area contributed by atoms with Crippen molar-refractivity contribution in [1.82, 2.24) is 9.97 Å². The van der Waals surface area contributed by atoms with E-state index >= 15 is 0 Å². The summed E-state index contributed by atoms with van der Waals surface area (Å²) < 4.78 is 0. The molecule has 0 spiro atoms. The highest BCUT2D eigenvalue weighted by atomic mass is 35.5. The van der Waals surface area contributed by atoms with Crippen LogP contribution >= 0.6 is 11.6 Å². The number of hydrogen-bond acceptors (Lipinski definition) is 2. The Balaban J connectivity index is 1.53. The smallest absolute Gasteiger partial charge is 0.159 e. The standard InChI is InChI=1S/C26H17ClN2/c27-24-15-14-21(22-8-4-5-9-23(22)24)18-10-12-19(13-11-18)25-16-17-28-26(29-25)20-6-2-1-3-7-20/h1-17H. The van der Waals surface area contributed by atoms with Crippen LogP contribution in [0.25, 0.3) is 44.5 Å². The Labute approximate surface area is 174 Å². The molecule has 0 aliphatic heterocycles. The fourth-order valence-corrected chi connectivity index (χ4v) is 3.81. The molecule has 0 aliphatic rings. The Kier molecular flexibility index (Phi) is 4.55. The second-order valence-electron chi connectivity index (χ2n) is 6.85. The summed E-state index contributed by atoms with van der Waals surface area (Å²) in [4.78, 5) is 9.17. The molecule has 29 heavy (non-hydrogen) atoms. The van der Waals surface area contributed by atoms with Crippen molar-refractivity contribution >= 4 is 22.4 Å². The van der Waals surface area contributed by atoms with Crippen molar-refractivity contribution in [2.24, 2.45) is 0 Å². The SMILES string of the molecule is Clc1ccc(-c2ccc(-c3ccnc(-c4ccccc4)n3)cc2)c2ccccc12. The fraction of sp³-hybridized carbons (Fsp3) is 0. The van der Waals surface area contributed by atoms with Crippen molar-refractivity contribution in [1.29, 1.82) is 0 Å². The topological polar surface area (TPSA) is 25.8 Å². The number of hydrogen-bond donors (Lipinski definition) is 0. The van der Waals surface area contributed by atoms with Gasteiger partial charge in [0.25, 0.3) is 0 Å². The van der Waals surface area contributed by atoms with E-state index in [0.717, 1.165) is 44.0 Å². The molecular weight excluding hydrogens is 376 g/mol. The van der Waals surface area contributed by atoms with Gasteiger partial charge in [0.2, 0.25) is 0 Å². The summed E-state index contributed by atoms with van der Waals surface area (Å²) in [5, 5.41) is 3.00. The normalized spacial score (nSPS) is 10.9. The molecule has 0 saturated carbocycles. The first kappa shape index (κ1) is 17.6. The van der Waals surface area contributed by atoms with Gasteiger partial charge in [-0.25, -0.2) is 9.97 Å². The first-order chi connectivity index (χ1) is 14.3. The van der Waals surface area contributed by atoms with E-state index < -0.39 is 0 Å². The average molecular weight is 393 g/mol. The number of halogens is 1. The molecular formula is C26H17ClN2. The van der Waals surface area contributed by atoms with E-state index in [-0.39, 0.29) is 0 Å². The summed E-state index contributed by atoms with van der Waals surface area (Å²) in [5.41, 5.74) is 5.31. The molecule has 4 aromatic carbocycles. The van der Waals surface area contributed by atoms with E-state index in [9.17, 15) is 0 Å². The van der Waals surface area contributed by atoms with Crippen LogP contribution < -0.4 is 0 Å². The van der Waals surface area contributed by atoms with Crippen LogP contribution in [0.15, 0.2) is 103 Å². The molecule has 1 aromatic heterocycles. The minimum Gasteiger partial charge on any atom is -0.237 e. The molecule has 0 aliphatic carbocycles. The second kappa shape index (κ2) is 7.50. The van der Waals surface area contributed by atoms with Gasteiger partial charge >= 0.3 is 0 Å².